The van der Waals surface area contributed by atoms with Crippen molar-refractivity contribution in [2.45, 2.75) is 13.8 Å². The minimum Gasteiger partial charge on any atom is -0.354 e. The first kappa shape index (κ1) is 13.0. The van der Waals surface area contributed by atoms with Crippen molar-refractivity contribution in [3.05, 3.63) is 65.7 Å². The van der Waals surface area contributed by atoms with Crippen molar-refractivity contribution in [1.82, 2.24) is 9.97 Å². The Kier molecular flexibility index (Phi) is 2.76. The van der Waals surface area contributed by atoms with Gasteiger partial charge in [0.05, 0.1) is 0 Å². The Balaban J connectivity index is 1.94. The first-order chi connectivity index (χ1) is 10.6. The number of aromatic amines is 1. The van der Waals surface area contributed by atoms with Gasteiger partial charge in [0.2, 0.25) is 0 Å². The zero-order chi connectivity index (χ0) is 15.3. The number of nitrogens with zero attached hydrogens (tertiary/aromatic N) is 1. The van der Waals surface area contributed by atoms with Gasteiger partial charge in [-0.05, 0) is 54.3 Å². The molecule has 2 aromatic heterocycles. The van der Waals surface area contributed by atoms with Gasteiger partial charge in [0.25, 0.3) is 0 Å². The van der Waals surface area contributed by atoms with E-state index in [0.717, 1.165) is 38.5 Å². The number of fused-ring (bicyclic) bond motifs is 3. The van der Waals surface area contributed by atoms with Crippen LogP contribution in [-0.4, -0.2) is 9.97 Å². The molecule has 1 N–H and O–H groups in total. The third-order valence-corrected chi connectivity index (χ3v) is 4.34. The number of rotatable bonds is 1. The van der Waals surface area contributed by atoms with Crippen molar-refractivity contribution in [3.8, 4) is 11.1 Å². The van der Waals surface area contributed by atoms with E-state index in [4.69, 9.17) is 0 Å². The summed E-state index contributed by atoms with van der Waals surface area (Å²) in [4.78, 5) is 7.57. The zero-order valence-electron chi connectivity index (χ0n) is 12.4. The SMILES string of the molecule is Cc1cc(-c2ccc3c(c2)[nH]c2ccncc23)cc(F)c1C. The lowest BCUT2D eigenvalue weighted by atomic mass is 9.99. The highest BCUT2D eigenvalue weighted by atomic mass is 19.1. The average molecular weight is 290 g/mol. The number of H-pyrrole nitrogens is 1. The molecule has 0 saturated carbocycles. The first-order valence-corrected chi connectivity index (χ1v) is 7.26. The molecule has 2 aromatic carbocycles. The smallest absolute Gasteiger partial charge is 0.126 e. The van der Waals surface area contributed by atoms with Crippen molar-refractivity contribution >= 4 is 21.8 Å². The quantitative estimate of drug-likeness (QED) is 0.516. The van der Waals surface area contributed by atoms with Crippen LogP contribution in [0, 0.1) is 19.7 Å². The Labute approximate surface area is 127 Å². The van der Waals surface area contributed by atoms with Gasteiger partial charge in [0.15, 0.2) is 0 Å². The summed E-state index contributed by atoms with van der Waals surface area (Å²) in [7, 11) is 0. The second-order valence-electron chi connectivity index (χ2n) is 5.71. The van der Waals surface area contributed by atoms with Crippen LogP contribution in [0.4, 0.5) is 4.39 Å². The van der Waals surface area contributed by atoms with Gasteiger partial charge in [0, 0.05) is 34.2 Å². The Morgan fingerprint density at radius 1 is 0.909 bits per heavy atom. The summed E-state index contributed by atoms with van der Waals surface area (Å²) in [5.74, 6) is -0.157. The zero-order valence-corrected chi connectivity index (χ0v) is 12.4. The van der Waals surface area contributed by atoms with E-state index >= 15 is 0 Å². The van der Waals surface area contributed by atoms with Crippen LogP contribution < -0.4 is 0 Å². The Hall–Kier alpha value is -2.68. The Morgan fingerprint density at radius 3 is 2.59 bits per heavy atom. The molecule has 0 spiro atoms. The predicted molar refractivity (Wildman–Crippen MR) is 88.5 cm³/mol. The van der Waals surface area contributed by atoms with Crippen molar-refractivity contribution in [2.75, 3.05) is 0 Å². The number of hydrogen-bond donors (Lipinski definition) is 1. The Morgan fingerprint density at radius 2 is 1.77 bits per heavy atom. The minimum absolute atomic E-state index is 0.157. The van der Waals surface area contributed by atoms with E-state index in [9.17, 15) is 4.39 Å². The van der Waals surface area contributed by atoms with E-state index in [1.165, 1.54) is 0 Å². The van der Waals surface area contributed by atoms with E-state index in [1.54, 1.807) is 12.3 Å². The van der Waals surface area contributed by atoms with E-state index in [1.807, 2.05) is 38.2 Å². The molecule has 2 heterocycles. The van der Waals surface area contributed by atoms with E-state index in [0.29, 0.717) is 5.56 Å². The molecule has 2 nitrogen and oxygen atoms in total. The summed E-state index contributed by atoms with van der Waals surface area (Å²) >= 11 is 0. The number of aromatic nitrogens is 2. The summed E-state index contributed by atoms with van der Waals surface area (Å²) in [5.41, 5.74) is 5.69. The average Bonchev–Trinajstić information content (AvgIpc) is 2.89. The molecular weight excluding hydrogens is 275 g/mol. The lowest BCUT2D eigenvalue weighted by Gasteiger charge is -2.07. The van der Waals surface area contributed by atoms with Crippen molar-refractivity contribution in [2.24, 2.45) is 0 Å². The van der Waals surface area contributed by atoms with Gasteiger partial charge in [-0.3, -0.25) is 4.98 Å². The molecule has 0 aliphatic carbocycles. The van der Waals surface area contributed by atoms with Crippen LogP contribution in [0.25, 0.3) is 32.9 Å². The minimum atomic E-state index is -0.157. The summed E-state index contributed by atoms with van der Waals surface area (Å²) in [6.07, 6.45) is 3.64. The molecule has 108 valence electrons. The number of halogens is 1. The van der Waals surface area contributed by atoms with Crippen LogP contribution in [0.5, 0.6) is 0 Å². The predicted octanol–water partition coefficient (Wildman–Crippen LogP) is 5.14. The lowest BCUT2D eigenvalue weighted by Crippen LogP contribution is -1.89. The summed E-state index contributed by atoms with van der Waals surface area (Å²) in [6.45, 7) is 3.75. The number of benzene rings is 2. The van der Waals surface area contributed by atoms with Crippen LogP contribution in [0.2, 0.25) is 0 Å². The molecule has 22 heavy (non-hydrogen) atoms. The highest BCUT2D eigenvalue weighted by molar-refractivity contribution is 6.07. The van der Waals surface area contributed by atoms with Gasteiger partial charge < -0.3 is 4.98 Å². The topological polar surface area (TPSA) is 28.7 Å². The third-order valence-electron chi connectivity index (χ3n) is 4.34. The number of aryl methyl sites for hydroxylation is 1. The maximum absolute atomic E-state index is 14.0. The van der Waals surface area contributed by atoms with Crippen molar-refractivity contribution < 1.29 is 4.39 Å². The highest BCUT2D eigenvalue weighted by Gasteiger charge is 2.09. The van der Waals surface area contributed by atoms with Gasteiger partial charge >= 0.3 is 0 Å². The lowest BCUT2D eigenvalue weighted by molar-refractivity contribution is 0.617. The molecule has 4 aromatic rings. The molecule has 0 fully saturated rings. The number of hydrogen-bond acceptors (Lipinski definition) is 1. The van der Waals surface area contributed by atoms with Crippen LogP contribution in [-0.2, 0) is 0 Å². The standard InChI is InChI=1S/C19H15FN2/c1-11-7-14(8-17(20)12(11)2)13-3-4-15-16-10-21-6-5-18(16)22-19(15)9-13/h3-10,22H,1-2H3. The van der Waals surface area contributed by atoms with Crippen LogP contribution in [0.3, 0.4) is 0 Å². The van der Waals surface area contributed by atoms with Crippen LogP contribution >= 0.6 is 0 Å². The van der Waals surface area contributed by atoms with E-state index in [-0.39, 0.29) is 5.82 Å². The summed E-state index contributed by atoms with van der Waals surface area (Å²) in [6, 6.07) is 11.8. The normalized spacial score (nSPS) is 11.4. The summed E-state index contributed by atoms with van der Waals surface area (Å²) in [5, 5.41) is 2.24. The maximum atomic E-state index is 14.0. The third kappa shape index (κ3) is 1.90. The number of nitrogens with one attached hydrogen (secondary N) is 1. The monoisotopic (exact) mass is 290 g/mol. The largest absolute Gasteiger partial charge is 0.354 e. The van der Waals surface area contributed by atoms with Crippen molar-refractivity contribution in [1.29, 1.82) is 0 Å². The molecule has 4 rings (SSSR count). The fourth-order valence-corrected chi connectivity index (χ4v) is 2.91. The molecule has 0 bridgehead atoms. The van der Waals surface area contributed by atoms with E-state index in [2.05, 4.69) is 22.1 Å². The molecule has 0 aliphatic heterocycles. The molecule has 0 unspecified atom stereocenters. The van der Waals surface area contributed by atoms with Gasteiger partial charge in [0.1, 0.15) is 5.82 Å². The van der Waals surface area contributed by atoms with Crippen LogP contribution in [0.1, 0.15) is 11.1 Å². The van der Waals surface area contributed by atoms with Crippen molar-refractivity contribution in [3.63, 3.8) is 0 Å². The fraction of sp³-hybridized carbons (Fsp3) is 0.105. The van der Waals surface area contributed by atoms with Gasteiger partial charge in [-0.25, -0.2) is 4.39 Å². The first-order valence-electron chi connectivity index (χ1n) is 7.26. The van der Waals surface area contributed by atoms with Gasteiger partial charge in [-0.15, -0.1) is 0 Å². The fourth-order valence-electron chi connectivity index (χ4n) is 2.91. The molecule has 0 saturated heterocycles. The molecular formula is C19H15FN2. The second kappa shape index (κ2) is 4.67. The number of pyridine rings is 1. The molecule has 3 heteroatoms. The van der Waals surface area contributed by atoms with Crippen LogP contribution in [0.15, 0.2) is 48.8 Å². The molecule has 0 amide bonds. The summed E-state index contributed by atoms with van der Waals surface area (Å²) < 4.78 is 14.0. The van der Waals surface area contributed by atoms with Gasteiger partial charge in [-0.2, -0.15) is 0 Å². The van der Waals surface area contributed by atoms with Gasteiger partial charge in [-0.1, -0.05) is 18.2 Å². The second-order valence-corrected chi connectivity index (χ2v) is 5.71. The molecule has 0 atom stereocenters. The van der Waals surface area contributed by atoms with E-state index < -0.39 is 0 Å². The Bertz CT molecular complexity index is 991. The molecule has 0 radical (unpaired) electrons. The molecule has 0 aliphatic rings. The highest BCUT2D eigenvalue weighted by Crippen LogP contribution is 2.30. The maximum Gasteiger partial charge on any atom is 0.126 e.